The first kappa shape index (κ1) is 25.2. The second-order valence-corrected chi connectivity index (χ2v) is 8.45. The van der Waals surface area contributed by atoms with Gasteiger partial charge in [-0.15, -0.1) is 0 Å². The Morgan fingerprint density at radius 3 is 1.88 bits per heavy atom. The Morgan fingerprint density at radius 1 is 0.824 bits per heavy atom. The van der Waals surface area contributed by atoms with Crippen molar-refractivity contribution in [2.45, 2.75) is 19.6 Å². The largest absolute Gasteiger partial charge is 0.513 e. The first-order valence-corrected chi connectivity index (χ1v) is 11.2. The van der Waals surface area contributed by atoms with Crippen LogP contribution in [0.15, 0.2) is 60.7 Å². The molecule has 0 fully saturated rings. The van der Waals surface area contributed by atoms with Gasteiger partial charge >= 0.3 is 13.7 Å². The van der Waals surface area contributed by atoms with Crippen LogP contribution in [0.3, 0.4) is 0 Å². The fourth-order valence-electron chi connectivity index (χ4n) is 2.62. The first-order chi connectivity index (χ1) is 16.1. The lowest BCUT2D eigenvalue weighted by atomic mass is 10.2. The Morgan fingerprint density at radius 2 is 1.32 bits per heavy atom. The number of ether oxygens (including phenoxy) is 1. The molecular formula is C22H17F5NO5P. The molecule has 0 saturated heterocycles. The number of halogens is 5. The third kappa shape index (κ3) is 5.92. The standard InChI is InChI=1S/C22H17F5NO5P/c1-13(22(29)31-12-14-8-4-2-5-9-14)28-34(30,32-15-10-6-3-7-11-15)33-21-19(26)17(24)16(23)18(25)20(21)27/h2-11,13H,12H2,1H3,(H,28,30)/t13?,34-/m1/s1. The lowest BCUT2D eigenvalue weighted by molar-refractivity contribution is -0.146. The number of hydrogen-bond acceptors (Lipinski definition) is 5. The highest BCUT2D eigenvalue weighted by Gasteiger charge is 2.38. The molecule has 3 rings (SSSR count). The molecule has 0 heterocycles. The Balaban J connectivity index is 1.86. The van der Waals surface area contributed by atoms with Gasteiger partial charge in [0, 0.05) is 0 Å². The van der Waals surface area contributed by atoms with Gasteiger partial charge in [0.15, 0.2) is 0 Å². The van der Waals surface area contributed by atoms with Crippen molar-refractivity contribution in [1.82, 2.24) is 5.09 Å². The van der Waals surface area contributed by atoms with Gasteiger partial charge in [0.1, 0.15) is 18.4 Å². The van der Waals surface area contributed by atoms with E-state index in [1.54, 1.807) is 36.4 Å². The summed E-state index contributed by atoms with van der Waals surface area (Å²) in [7, 11) is -4.96. The Kier molecular flexibility index (Phi) is 7.90. The first-order valence-electron chi connectivity index (χ1n) is 9.65. The predicted octanol–water partition coefficient (Wildman–Crippen LogP) is 5.67. The summed E-state index contributed by atoms with van der Waals surface area (Å²) in [5.41, 5.74) is 0.643. The molecule has 12 heteroatoms. The van der Waals surface area contributed by atoms with Crippen molar-refractivity contribution in [2.24, 2.45) is 0 Å². The van der Waals surface area contributed by atoms with Crippen LogP contribution in [-0.2, 0) is 20.7 Å². The summed E-state index contributed by atoms with van der Waals surface area (Å²) in [6.45, 7) is 1.03. The highest BCUT2D eigenvalue weighted by atomic mass is 31.2. The van der Waals surface area contributed by atoms with Crippen LogP contribution in [0.2, 0.25) is 0 Å². The molecule has 0 saturated carbocycles. The summed E-state index contributed by atoms with van der Waals surface area (Å²) in [5.74, 6) is -14.7. The average molecular weight is 501 g/mol. The molecule has 34 heavy (non-hydrogen) atoms. The van der Waals surface area contributed by atoms with Crippen LogP contribution < -0.4 is 14.1 Å². The number of hydrogen-bond donors (Lipinski definition) is 1. The summed E-state index contributed by atoms with van der Waals surface area (Å²) in [6.07, 6.45) is 0. The summed E-state index contributed by atoms with van der Waals surface area (Å²) < 4.78 is 97.0. The third-order valence-electron chi connectivity index (χ3n) is 4.28. The van der Waals surface area contributed by atoms with E-state index in [4.69, 9.17) is 9.26 Å². The van der Waals surface area contributed by atoms with Crippen LogP contribution in [0.5, 0.6) is 11.5 Å². The van der Waals surface area contributed by atoms with Crippen LogP contribution in [0, 0.1) is 29.1 Å². The van der Waals surface area contributed by atoms with Gasteiger partial charge < -0.3 is 13.8 Å². The third-order valence-corrected chi connectivity index (χ3v) is 5.86. The maximum Gasteiger partial charge on any atom is 0.513 e. The van der Waals surface area contributed by atoms with Gasteiger partial charge in [-0.05, 0) is 24.6 Å². The zero-order chi connectivity index (χ0) is 24.9. The molecule has 0 aliphatic rings. The maximum absolute atomic E-state index is 14.1. The van der Waals surface area contributed by atoms with Crippen molar-refractivity contribution in [3.63, 3.8) is 0 Å². The van der Waals surface area contributed by atoms with E-state index in [2.05, 4.69) is 9.61 Å². The molecular weight excluding hydrogens is 484 g/mol. The molecule has 3 aromatic carbocycles. The number of carbonyl (C=O) groups excluding carboxylic acids is 1. The smallest absolute Gasteiger partial charge is 0.460 e. The van der Waals surface area contributed by atoms with Crippen molar-refractivity contribution in [3.8, 4) is 11.5 Å². The van der Waals surface area contributed by atoms with Gasteiger partial charge in [-0.1, -0.05) is 48.5 Å². The van der Waals surface area contributed by atoms with Crippen molar-refractivity contribution in [3.05, 3.63) is 95.3 Å². The molecule has 180 valence electrons. The van der Waals surface area contributed by atoms with E-state index in [9.17, 15) is 31.3 Å². The Bertz CT molecular complexity index is 1180. The lowest BCUT2D eigenvalue weighted by Gasteiger charge is -2.23. The predicted molar refractivity (Wildman–Crippen MR) is 110 cm³/mol. The van der Waals surface area contributed by atoms with E-state index in [0.29, 0.717) is 5.56 Å². The number of benzene rings is 3. The number of esters is 1. The van der Waals surface area contributed by atoms with E-state index in [1.165, 1.54) is 31.2 Å². The molecule has 0 amide bonds. The molecule has 0 spiro atoms. The molecule has 2 atom stereocenters. The lowest BCUT2D eigenvalue weighted by Crippen LogP contribution is -2.36. The van der Waals surface area contributed by atoms with Gasteiger partial charge in [0.25, 0.3) is 0 Å². The molecule has 0 aliphatic heterocycles. The van der Waals surface area contributed by atoms with Gasteiger partial charge in [0.05, 0.1) is 0 Å². The van der Waals surface area contributed by atoms with Gasteiger partial charge in [-0.2, -0.15) is 13.9 Å². The zero-order valence-electron chi connectivity index (χ0n) is 17.4. The van der Waals surface area contributed by atoms with Crippen LogP contribution in [-0.4, -0.2) is 12.0 Å². The molecule has 1 unspecified atom stereocenters. The number of para-hydroxylation sites is 1. The molecule has 0 bridgehead atoms. The molecule has 6 nitrogen and oxygen atoms in total. The van der Waals surface area contributed by atoms with Gasteiger partial charge in [-0.25, -0.2) is 17.7 Å². The summed E-state index contributed by atoms with van der Waals surface area (Å²) in [4.78, 5) is 12.4. The zero-order valence-corrected chi connectivity index (χ0v) is 18.3. The van der Waals surface area contributed by atoms with Crippen LogP contribution in [0.1, 0.15) is 12.5 Å². The molecule has 3 aromatic rings. The number of nitrogens with one attached hydrogen (secondary N) is 1. The van der Waals surface area contributed by atoms with Crippen LogP contribution in [0.25, 0.3) is 0 Å². The highest BCUT2D eigenvalue weighted by molar-refractivity contribution is 7.52. The summed E-state index contributed by atoms with van der Waals surface area (Å²) >= 11 is 0. The average Bonchev–Trinajstić information content (AvgIpc) is 2.84. The second-order valence-electron chi connectivity index (χ2n) is 6.84. The number of rotatable bonds is 9. The van der Waals surface area contributed by atoms with Crippen LogP contribution >= 0.6 is 7.75 Å². The normalized spacial score (nSPS) is 13.6. The molecule has 0 radical (unpaired) electrons. The van der Waals surface area contributed by atoms with E-state index in [0.717, 1.165) is 0 Å². The van der Waals surface area contributed by atoms with Crippen molar-refractivity contribution in [2.75, 3.05) is 0 Å². The minimum absolute atomic E-state index is 0.145. The quantitative estimate of drug-likeness (QED) is 0.134. The van der Waals surface area contributed by atoms with Gasteiger partial charge in [0.2, 0.25) is 34.8 Å². The van der Waals surface area contributed by atoms with Crippen molar-refractivity contribution in [1.29, 1.82) is 0 Å². The fraction of sp³-hybridized carbons (Fsp3) is 0.136. The fourth-order valence-corrected chi connectivity index (χ4v) is 4.14. The molecule has 0 aromatic heterocycles. The van der Waals surface area contributed by atoms with E-state index >= 15 is 0 Å². The minimum atomic E-state index is -4.96. The summed E-state index contributed by atoms with van der Waals surface area (Å²) in [5, 5.41) is 2.10. The van der Waals surface area contributed by atoms with Gasteiger partial charge in [-0.3, -0.25) is 4.79 Å². The van der Waals surface area contributed by atoms with E-state index < -0.39 is 54.6 Å². The summed E-state index contributed by atoms with van der Waals surface area (Å²) in [6, 6.07) is 14.1. The topological polar surface area (TPSA) is 73.9 Å². The van der Waals surface area contributed by atoms with Crippen LogP contribution in [0.4, 0.5) is 22.0 Å². The molecule has 0 aliphatic carbocycles. The second kappa shape index (κ2) is 10.7. The molecule has 1 N–H and O–H groups in total. The van der Waals surface area contributed by atoms with E-state index in [-0.39, 0.29) is 12.4 Å². The maximum atomic E-state index is 14.1. The highest BCUT2D eigenvalue weighted by Crippen LogP contribution is 2.47. The van der Waals surface area contributed by atoms with Crippen molar-refractivity contribution >= 4 is 13.7 Å². The van der Waals surface area contributed by atoms with Crippen molar-refractivity contribution < 1.29 is 45.1 Å². The Labute approximate surface area is 190 Å². The SMILES string of the molecule is CC(N[P@@](=O)(Oc1ccccc1)Oc1c(F)c(F)c(F)c(F)c1F)C(=O)OCc1ccccc1. The number of carbonyl (C=O) groups is 1. The van der Waals surface area contributed by atoms with E-state index in [1.807, 2.05) is 0 Å². The monoisotopic (exact) mass is 501 g/mol. The Hall–Kier alpha value is -3.43. The minimum Gasteiger partial charge on any atom is -0.460 e.